The van der Waals surface area contributed by atoms with Crippen molar-refractivity contribution in [1.29, 1.82) is 0 Å². The van der Waals surface area contributed by atoms with Gasteiger partial charge >= 0.3 is 0 Å². The molecular weight excluding hydrogens is 466 g/mol. The molecule has 0 aliphatic carbocycles. The summed E-state index contributed by atoms with van der Waals surface area (Å²) in [6.45, 7) is 1.81. The number of phenols is 1. The van der Waals surface area contributed by atoms with Gasteiger partial charge in [0.25, 0.3) is 5.91 Å². The Labute approximate surface area is 206 Å². The monoisotopic (exact) mass is 487 g/mol. The maximum atomic E-state index is 13.6. The van der Waals surface area contributed by atoms with Gasteiger partial charge in [0.1, 0.15) is 17.5 Å². The molecule has 176 valence electrons. The number of benzene rings is 3. The molecule has 1 aliphatic rings. The fraction of sp³-hybridized carbons (Fsp3) is 0.115. The van der Waals surface area contributed by atoms with Gasteiger partial charge in [0.2, 0.25) is 5.95 Å². The number of aromatic hydroxyl groups is 1. The molecule has 2 heterocycles. The van der Waals surface area contributed by atoms with Gasteiger partial charge in [0, 0.05) is 11.3 Å². The summed E-state index contributed by atoms with van der Waals surface area (Å²) in [7, 11) is 1.55. The zero-order chi connectivity index (χ0) is 24.5. The van der Waals surface area contributed by atoms with E-state index in [0.717, 1.165) is 0 Å². The fourth-order valence-electron chi connectivity index (χ4n) is 4.14. The van der Waals surface area contributed by atoms with Crippen LogP contribution in [0.25, 0.3) is 11.4 Å². The van der Waals surface area contributed by atoms with E-state index in [-0.39, 0.29) is 11.7 Å². The molecule has 3 N–H and O–H groups in total. The number of amides is 1. The Morgan fingerprint density at radius 1 is 1.11 bits per heavy atom. The number of allylic oxidation sites excluding steroid dienone is 1. The van der Waals surface area contributed by atoms with Crippen molar-refractivity contribution in [3.05, 3.63) is 94.7 Å². The number of carbonyl (C=O) groups is 1. The highest BCUT2D eigenvalue weighted by Crippen LogP contribution is 2.38. The Kier molecular flexibility index (Phi) is 5.88. The van der Waals surface area contributed by atoms with Gasteiger partial charge in [0.05, 0.1) is 23.4 Å². The zero-order valence-electron chi connectivity index (χ0n) is 19.0. The summed E-state index contributed by atoms with van der Waals surface area (Å²) in [5.74, 6) is 1.16. The van der Waals surface area contributed by atoms with Crippen molar-refractivity contribution in [3.8, 4) is 22.9 Å². The second-order valence-corrected chi connectivity index (χ2v) is 8.41. The van der Waals surface area contributed by atoms with Gasteiger partial charge in [-0.05, 0) is 48.9 Å². The number of methoxy groups -OCH3 is 1. The molecular formula is C26H22ClN5O3. The van der Waals surface area contributed by atoms with E-state index in [1.165, 1.54) is 0 Å². The van der Waals surface area contributed by atoms with Gasteiger partial charge in [0.15, 0.2) is 5.82 Å². The van der Waals surface area contributed by atoms with Crippen molar-refractivity contribution in [2.45, 2.75) is 13.0 Å². The summed E-state index contributed by atoms with van der Waals surface area (Å²) in [6.07, 6.45) is 0. The predicted molar refractivity (Wildman–Crippen MR) is 135 cm³/mol. The molecule has 0 saturated carbocycles. The molecule has 35 heavy (non-hydrogen) atoms. The molecule has 0 radical (unpaired) electrons. The molecule has 5 rings (SSSR count). The van der Waals surface area contributed by atoms with E-state index in [1.807, 2.05) is 36.4 Å². The van der Waals surface area contributed by atoms with Gasteiger partial charge in [-0.3, -0.25) is 4.79 Å². The molecule has 1 aliphatic heterocycles. The standard InChI is InChI=1S/C26H22ClN5O3/c1-15-22(25(34)29-20-12-5-6-13-21(20)35-2)23(16-8-7-9-17(33)14-16)32-26(28-15)30-24(31-32)18-10-3-4-11-19(18)27/h3-14,23,33H,1-2H3,(H,29,34)(H,28,30,31). The third-order valence-electron chi connectivity index (χ3n) is 5.75. The number of carbonyl (C=O) groups excluding carboxylic acids is 1. The fourth-order valence-corrected chi connectivity index (χ4v) is 4.36. The second kappa shape index (κ2) is 9.15. The van der Waals surface area contributed by atoms with Gasteiger partial charge in [-0.2, -0.15) is 4.98 Å². The highest BCUT2D eigenvalue weighted by Gasteiger charge is 2.35. The smallest absolute Gasteiger partial charge is 0.255 e. The van der Waals surface area contributed by atoms with Crippen LogP contribution in [0.5, 0.6) is 11.5 Å². The van der Waals surface area contributed by atoms with Gasteiger partial charge in [-0.15, -0.1) is 5.10 Å². The first-order valence-electron chi connectivity index (χ1n) is 10.9. The van der Waals surface area contributed by atoms with E-state index in [4.69, 9.17) is 21.4 Å². The quantitative estimate of drug-likeness (QED) is 0.356. The SMILES string of the molecule is COc1ccccc1NC(=O)C1=C(C)Nc2nc(-c3ccccc3Cl)nn2C1c1cccc(O)c1. The number of nitrogens with zero attached hydrogens (tertiary/aromatic N) is 3. The third-order valence-corrected chi connectivity index (χ3v) is 6.08. The molecule has 4 aromatic rings. The highest BCUT2D eigenvalue weighted by atomic mass is 35.5. The van der Waals surface area contributed by atoms with E-state index >= 15 is 0 Å². The molecule has 8 nitrogen and oxygen atoms in total. The second-order valence-electron chi connectivity index (χ2n) is 8.00. The summed E-state index contributed by atoms with van der Waals surface area (Å²) < 4.78 is 7.02. The Hall–Kier alpha value is -4.30. The Morgan fingerprint density at radius 3 is 2.66 bits per heavy atom. The van der Waals surface area contributed by atoms with Gasteiger partial charge in [-0.25, -0.2) is 4.68 Å². The molecule has 1 aromatic heterocycles. The van der Waals surface area contributed by atoms with Crippen LogP contribution in [0.1, 0.15) is 18.5 Å². The number of anilines is 2. The van der Waals surface area contributed by atoms with Crippen LogP contribution >= 0.6 is 11.6 Å². The first kappa shape index (κ1) is 22.5. The molecule has 1 amide bonds. The Balaban J connectivity index is 1.62. The molecule has 1 unspecified atom stereocenters. The van der Waals surface area contributed by atoms with Gasteiger partial charge < -0.3 is 20.5 Å². The molecule has 0 bridgehead atoms. The normalized spacial score (nSPS) is 14.8. The van der Waals surface area contributed by atoms with Crippen LogP contribution in [0, 0.1) is 0 Å². The van der Waals surface area contributed by atoms with Crippen molar-refractivity contribution >= 4 is 29.1 Å². The van der Waals surface area contributed by atoms with Crippen molar-refractivity contribution < 1.29 is 14.6 Å². The Morgan fingerprint density at radius 2 is 1.89 bits per heavy atom. The largest absolute Gasteiger partial charge is 0.508 e. The molecule has 3 aromatic carbocycles. The summed E-state index contributed by atoms with van der Waals surface area (Å²) >= 11 is 6.39. The lowest BCUT2D eigenvalue weighted by molar-refractivity contribution is -0.113. The third kappa shape index (κ3) is 4.20. The maximum Gasteiger partial charge on any atom is 0.255 e. The number of para-hydroxylation sites is 2. The zero-order valence-corrected chi connectivity index (χ0v) is 19.7. The summed E-state index contributed by atoms with van der Waals surface area (Å²) in [5, 5.41) is 21.6. The van der Waals surface area contributed by atoms with Crippen LogP contribution in [-0.4, -0.2) is 32.9 Å². The Bertz CT molecular complexity index is 1460. The number of aromatic nitrogens is 3. The van der Waals surface area contributed by atoms with E-state index in [9.17, 15) is 9.90 Å². The summed E-state index contributed by atoms with van der Waals surface area (Å²) in [6, 6.07) is 20.6. The number of fused-ring (bicyclic) bond motifs is 1. The van der Waals surface area contributed by atoms with Crippen LogP contribution < -0.4 is 15.4 Å². The van der Waals surface area contributed by atoms with E-state index in [1.54, 1.807) is 55.1 Å². The lowest BCUT2D eigenvalue weighted by Crippen LogP contribution is -2.31. The number of nitrogens with one attached hydrogen (secondary N) is 2. The number of halogens is 1. The topological polar surface area (TPSA) is 101 Å². The predicted octanol–water partition coefficient (Wildman–Crippen LogP) is 5.24. The van der Waals surface area contributed by atoms with Crippen molar-refractivity contribution in [2.75, 3.05) is 17.7 Å². The number of hydrogen-bond donors (Lipinski definition) is 3. The van der Waals surface area contributed by atoms with Crippen LogP contribution in [0.4, 0.5) is 11.6 Å². The van der Waals surface area contributed by atoms with Crippen molar-refractivity contribution in [1.82, 2.24) is 14.8 Å². The van der Waals surface area contributed by atoms with Crippen LogP contribution in [-0.2, 0) is 4.79 Å². The van der Waals surface area contributed by atoms with Gasteiger partial charge in [-0.1, -0.05) is 48.0 Å². The van der Waals surface area contributed by atoms with Crippen LogP contribution in [0.2, 0.25) is 5.02 Å². The molecule has 1 atom stereocenters. The lowest BCUT2D eigenvalue weighted by Gasteiger charge is -2.29. The minimum absolute atomic E-state index is 0.0798. The molecule has 0 spiro atoms. The lowest BCUT2D eigenvalue weighted by atomic mass is 9.95. The van der Waals surface area contributed by atoms with Crippen LogP contribution in [0.15, 0.2) is 84.1 Å². The average molecular weight is 488 g/mol. The number of phenolic OH excluding ortho intramolecular Hbond substituents is 1. The number of hydrogen-bond acceptors (Lipinski definition) is 6. The van der Waals surface area contributed by atoms with Crippen LogP contribution in [0.3, 0.4) is 0 Å². The maximum absolute atomic E-state index is 13.6. The summed E-state index contributed by atoms with van der Waals surface area (Å²) in [4.78, 5) is 18.3. The molecule has 0 fully saturated rings. The first-order chi connectivity index (χ1) is 17.0. The van der Waals surface area contributed by atoms with E-state index in [2.05, 4.69) is 15.6 Å². The van der Waals surface area contributed by atoms with Crippen molar-refractivity contribution in [3.63, 3.8) is 0 Å². The van der Waals surface area contributed by atoms with E-state index in [0.29, 0.717) is 50.6 Å². The van der Waals surface area contributed by atoms with E-state index < -0.39 is 6.04 Å². The highest BCUT2D eigenvalue weighted by molar-refractivity contribution is 6.33. The van der Waals surface area contributed by atoms with Crippen molar-refractivity contribution in [2.24, 2.45) is 0 Å². The number of ether oxygens (including phenoxy) is 1. The first-order valence-corrected chi connectivity index (χ1v) is 11.3. The molecule has 0 saturated heterocycles. The summed E-state index contributed by atoms with van der Waals surface area (Å²) in [5.41, 5.74) is 2.91. The number of rotatable bonds is 5. The minimum Gasteiger partial charge on any atom is -0.508 e. The molecule has 9 heteroatoms. The average Bonchev–Trinajstić information content (AvgIpc) is 3.27. The minimum atomic E-state index is -0.656.